The highest BCUT2D eigenvalue weighted by Gasteiger charge is 2.18. The minimum atomic E-state index is -0.145. The van der Waals surface area contributed by atoms with Crippen LogP contribution in [0.2, 0.25) is 0 Å². The maximum atomic E-state index is 12.4. The Morgan fingerprint density at radius 3 is 2.44 bits per heavy atom. The van der Waals surface area contributed by atoms with E-state index in [9.17, 15) is 9.59 Å². The lowest BCUT2D eigenvalue weighted by Crippen LogP contribution is -2.32. The van der Waals surface area contributed by atoms with Gasteiger partial charge in [0.15, 0.2) is 0 Å². The van der Waals surface area contributed by atoms with Crippen molar-refractivity contribution in [1.82, 2.24) is 9.80 Å². The number of likely N-dealkylation sites (N-methyl/N-ethyl adjacent to an activating group) is 1. The molecule has 144 valence electrons. The van der Waals surface area contributed by atoms with Crippen LogP contribution in [-0.4, -0.2) is 56.4 Å². The average Bonchev–Trinajstić information content (AvgIpc) is 2.66. The van der Waals surface area contributed by atoms with Crippen molar-refractivity contribution in [3.8, 4) is 5.75 Å². The second-order valence-corrected chi connectivity index (χ2v) is 6.66. The lowest BCUT2D eigenvalue weighted by molar-refractivity contribution is -0.117. The van der Waals surface area contributed by atoms with E-state index in [0.717, 1.165) is 11.3 Å². The molecule has 0 aliphatic rings. The van der Waals surface area contributed by atoms with Crippen LogP contribution in [0.1, 0.15) is 28.9 Å². The van der Waals surface area contributed by atoms with Crippen molar-refractivity contribution in [2.75, 3.05) is 40.1 Å². The minimum Gasteiger partial charge on any atom is -0.496 e. The SMILES string of the molecule is COc1ccccc1C(C)N(C)CC(=O)Nc1cccc(C(=O)N(C)C)c1. The molecule has 0 radical (unpaired) electrons. The molecule has 0 spiro atoms. The Morgan fingerprint density at radius 1 is 1.07 bits per heavy atom. The van der Waals surface area contributed by atoms with Gasteiger partial charge in [0.05, 0.1) is 13.7 Å². The van der Waals surface area contributed by atoms with Crippen LogP contribution in [0.15, 0.2) is 48.5 Å². The molecule has 0 aliphatic carbocycles. The third-order valence-corrected chi connectivity index (χ3v) is 4.44. The van der Waals surface area contributed by atoms with Crippen molar-refractivity contribution < 1.29 is 14.3 Å². The molecule has 2 aromatic carbocycles. The molecule has 2 amide bonds. The summed E-state index contributed by atoms with van der Waals surface area (Å²) in [5, 5.41) is 2.86. The summed E-state index contributed by atoms with van der Waals surface area (Å²) in [6, 6.07) is 14.7. The van der Waals surface area contributed by atoms with E-state index in [-0.39, 0.29) is 24.4 Å². The van der Waals surface area contributed by atoms with E-state index < -0.39 is 0 Å². The number of anilines is 1. The van der Waals surface area contributed by atoms with Crippen LogP contribution in [0, 0.1) is 0 Å². The monoisotopic (exact) mass is 369 g/mol. The molecule has 6 heteroatoms. The van der Waals surface area contributed by atoms with Gasteiger partial charge in [0.2, 0.25) is 5.91 Å². The maximum absolute atomic E-state index is 12.4. The van der Waals surface area contributed by atoms with Gasteiger partial charge in [-0.15, -0.1) is 0 Å². The number of methoxy groups -OCH3 is 1. The van der Waals surface area contributed by atoms with Crippen molar-refractivity contribution >= 4 is 17.5 Å². The number of nitrogens with zero attached hydrogens (tertiary/aromatic N) is 2. The first-order valence-electron chi connectivity index (χ1n) is 8.78. The van der Waals surface area contributed by atoms with Crippen LogP contribution in [0.5, 0.6) is 5.75 Å². The van der Waals surface area contributed by atoms with E-state index in [1.165, 1.54) is 4.90 Å². The van der Waals surface area contributed by atoms with Gasteiger partial charge >= 0.3 is 0 Å². The van der Waals surface area contributed by atoms with Gasteiger partial charge in [-0.3, -0.25) is 14.5 Å². The Labute approximate surface area is 160 Å². The Morgan fingerprint density at radius 2 is 1.78 bits per heavy atom. The number of amides is 2. The summed E-state index contributed by atoms with van der Waals surface area (Å²) in [5.41, 5.74) is 2.16. The Bertz CT molecular complexity index is 805. The molecule has 1 N–H and O–H groups in total. The first-order chi connectivity index (χ1) is 12.8. The quantitative estimate of drug-likeness (QED) is 0.815. The molecule has 2 rings (SSSR count). The highest BCUT2D eigenvalue weighted by Crippen LogP contribution is 2.27. The number of para-hydroxylation sites is 1. The molecule has 1 atom stereocenters. The van der Waals surface area contributed by atoms with Gasteiger partial charge in [-0.1, -0.05) is 24.3 Å². The normalized spacial score (nSPS) is 11.8. The zero-order valence-corrected chi connectivity index (χ0v) is 16.5. The van der Waals surface area contributed by atoms with Gasteiger partial charge in [-0.05, 0) is 38.2 Å². The number of benzene rings is 2. The van der Waals surface area contributed by atoms with E-state index in [2.05, 4.69) is 5.32 Å². The topological polar surface area (TPSA) is 61.9 Å². The highest BCUT2D eigenvalue weighted by molar-refractivity contribution is 5.97. The summed E-state index contributed by atoms with van der Waals surface area (Å²) < 4.78 is 5.41. The molecule has 27 heavy (non-hydrogen) atoms. The predicted molar refractivity (Wildman–Crippen MR) is 107 cm³/mol. The van der Waals surface area contributed by atoms with Crippen LogP contribution in [-0.2, 0) is 4.79 Å². The summed E-state index contributed by atoms with van der Waals surface area (Å²) in [4.78, 5) is 28.0. The van der Waals surface area contributed by atoms with Gasteiger partial charge < -0.3 is 15.0 Å². The highest BCUT2D eigenvalue weighted by atomic mass is 16.5. The molecule has 0 bridgehead atoms. The van der Waals surface area contributed by atoms with Crippen LogP contribution in [0.3, 0.4) is 0 Å². The summed E-state index contributed by atoms with van der Waals surface area (Å²) in [6.45, 7) is 2.24. The van der Waals surface area contributed by atoms with E-state index in [4.69, 9.17) is 4.74 Å². The smallest absolute Gasteiger partial charge is 0.253 e. The third-order valence-electron chi connectivity index (χ3n) is 4.44. The predicted octanol–water partition coefficient (Wildman–Crippen LogP) is 3.03. The molecular formula is C21H27N3O3. The molecular weight excluding hydrogens is 342 g/mol. The summed E-state index contributed by atoms with van der Waals surface area (Å²) >= 11 is 0. The lowest BCUT2D eigenvalue weighted by atomic mass is 10.1. The number of carbonyl (C=O) groups is 2. The molecule has 0 heterocycles. The summed E-state index contributed by atoms with van der Waals surface area (Å²) in [7, 11) is 6.92. The van der Waals surface area contributed by atoms with Gasteiger partial charge in [0, 0.05) is 37.0 Å². The molecule has 2 aromatic rings. The fraction of sp³-hybridized carbons (Fsp3) is 0.333. The molecule has 6 nitrogen and oxygen atoms in total. The van der Waals surface area contributed by atoms with E-state index >= 15 is 0 Å². The Balaban J connectivity index is 2.03. The van der Waals surface area contributed by atoms with Gasteiger partial charge in [0.1, 0.15) is 5.75 Å². The number of hydrogen-bond donors (Lipinski definition) is 1. The minimum absolute atomic E-state index is 0.00792. The number of carbonyl (C=O) groups excluding carboxylic acids is 2. The third kappa shape index (κ3) is 5.31. The van der Waals surface area contributed by atoms with Crippen LogP contribution in [0.4, 0.5) is 5.69 Å². The number of hydrogen-bond acceptors (Lipinski definition) is 4. The lowest BCUT2D eigenvalue weighted by Gasteiger charge is -2.25. The number of ether oxygens (including phenoxy) is 1. The van der Waals surface area contributed by atoms with Crippen molar-refractivity contribution in [2.24, 2.45) is 0 Å². The maximum Gasteiger partial charge on any atom is 0.253 e. The van der Waals surface area contributed by atoms with Gasteiger partial charge in [-0.2, -0.15) is 0 Å². The summed E-state index contributed by atoms with van der Waals surface area (Å²) in [6.07, 6.45) is 0. The molecule has 0 fully saturated rings. The Hall–Kier alpha value is -2.86. The van der Waals surface area contributed by atoms with Crippen molar-refractivity contribution in [2.45, 2.75) is 13.0 Å². The molecule has 0 saturated heterocycles. The standard InChI is InChI=1S/C21H27N3O3/c1-15(18-11-6-7-12-19(18)27-5)24(4)14-20(25)22-17-10-8-9-16(13-17)21(26)23(2)3/h6-13,15H,14H2,1-5H3,(H,22,25). The number of nitrogens with one attached hydrogen (secondary N) is 1. The van der Waals surface area contributed by atoms with Crippen LogP contribution >= 0.6 is 0 Å². The largest absolute Gasteiger partial charge is 0.496 e. The molecule has 0 aromatic heterocycles. The van der Waals surface area contributed by atoms with Gasteiger partial charge in [-0.25, -0.2) is 0 Å². The number of rotatable bonds is 7. The van der Waals surface area contributed by atoms with Crippen LogP contribution < -0.4 is 10.1 Å². The van der Waals surface area contributed by atoms with Crippen LogP contribution in [0.25, 0.3) is 0 Å². The second kappa shape index (κ2) is 9.19. The van der Waals surface area contributed by atoms with Gasteiger partial charge in [0.25, 0.3) is 5.91 Å². The fourth-order valence-corrected chi connectivity index (χ4v) is 2.80. The molecule has 0 saturated carbocycles. The molecule has 1 unspecified atom stereocenters. The first kappa shape index (κ1) is 20.5. The van der Waals surface area contributed by atoms with Crippen molar-refractivity contribution in [3.05, 3.63) is 59.7 Å². The second-order valence-electron chi connectivity index (χ2n) is 6.66. The van der Waals surface area contributed by atoms with Crippen molar-refractivity contribution in [3.63, 3.8) is 0 Å². The zero-order chi connectivity index (χ0) is 20.0. The zero-order valence-electron chi connectivity index (χ0n) is 16.5. The summed E-state index contributed by atoms with van der Waals surface area (Å²) in [5.74, 6) is 0.550. The van der Waals surface area contributed by atoms with E-state index in [0.29, 0.717) is 11.3 Å². The van der Waals surface area contributed by atoms with E-state index in [1.807, 2.05) is 43.1 Å². The molecule has 0 aliphatic heterocycles. The Kier molecular flexibility index (Phi) is 6.96. The van der Waals surface area contributed by atoms with E-state index in [1.54, 1.807) is 45.5 Å². The first-order valence-corrected chi connectivity index (χ1v) is 8.78. The van der Waals surface area contributed by atoms with Crippen molar-refractivity contribution in [1.29, 1.82) is 0 Å². The fourth-order valence-electron chi connectivity index (χ4n) is 2.80. The average molecular weight is 369 g/mol.